The number of nitrogens with zero attached hydrogens (tertiary/aromatic N) is 2. The molecule has 0 bridgehead atoms. The van der Waals surface area contributed by atoms with E-state index in [2.05, 4.69) is 16.3 Å². The number of amides is 2. The molecular formula is C25H31ClN3O4-. The van der Waals surface area contributed by atoms with Gasteiger partial charge in [-0.25, -0.2) is 4.79 Å². The Kier molecular flexibility index (Phi) is 8.72. The van der Waals surface area contributed by atoms with Gasteiger partial charge >= 0.3 is 6.09 Å². The third-order valence-electron chi connectivity index (χ3n) is 5.81. The predicted molar refractivity (Wildman–Crippen MR) is 125 cm³/mol. The molecule has 1 N–H and O–H groups in total. The predicted octanol–water partition coefficient (Wildman–Crippen LogP) is 1.13. The van der Waals surface area contributed by atoms with Crippen LogP contribution in [0.3, 0.4) is 0 Å². The summed E-state index contributed by atoms with van der Waals surface area (Å²) in [5, 5.41) is 2.79. The maximum atomic E-state index is 13.6. The number of fused-ring (bicyclic) bond motifs is 2. The Balaban J connectivity index is 0.00000306. The molecule has 7 nitrogen and oxygen atoms in total. The lowest BCUT2D eigenvalue weighted by atomic mass is 10.0. The van der Waals surface area contributed by atoms with Gasteiger partial charge < -0.3 is 21.9 Å². The molecule has 0 aromatic heterocycles. The molecule has 178 valence electrons. The van der Waals surface area contributed by atoms with E-state index < -0.39 is 6.09 Å². The van der Waals surface area contributed by atoms with Crippen LogP contribution in [0.15, 0.2) is 42.5 Å². The average molecular weight is 473 g/mol. The molecule has 2 amide bonds. The Morgan fingerprint density at radius 3 is 2.45 bits per heavy atom. The SMILES string of the molecule is CC(C)OC(=O)Nc1ccc2c(c1)N(C(=O)CCN1CCOCC1)c1ccccc1CC2.[Cl-]. The lowest BCUT2D eigenvalue weighted by Crippen LogP contribution is -3.00. The smallest absolute Gasteiger partial charge is 0.411 e. The lowest BCUT2D eigenvalue weighted by molar-refractivity contribution is -0.118. The number of rotatable bonds is 5. The van der Waals surface area contributed by atoms with Gasteiger partial charge in [-0.3, -0.25) is 19.9 Å². The summed E-state index contributed by atoms with van der Waals surface area (Å²) < 4.78 is 10.6. The molecule has 0 aliphatic carbocycles. The molecule has 1 fully saturated rings. The number of ether oxygens (including phenoxy) is 2. The fourth-order valence-electron chi connectivity index (χ4n) is 4.22. The van der Waals surface area contributed by atoms with E-state index >= 15 is 0 Å². The van der Waals surface area contributed by atoms with Crippen LogP contribution in [0.2, 0.25) is 0 Å². The van der Waals surface area contributed by atoms with Crippen LogP contribution in [0.1, 0.15) is 31.4 Å². The van der Waals surface area contributed by atoms with Crippen molar-refractivity contribution in [3.05, 3.63) is 53.6 Å². The zero-order chi connectivity index (χ0) is 22.5. The maximum absolute atomic E-state index is 13.6. The van der Waals surface area contributed by atoms with Gasteiger partial charge in [0.15, 0.2) is 0 Å². The summed E-state index contributed by atoms with van der Waals surface area (Å²) in [5.74, 6) is 0.0500. The number of morpholine rings is 1. The van der Waals surface area contributed by atoms with Crippen molar-refractivity contribution >= 4 is 29.1 Å². The molecule has 4 rings (SSSR count). The molecule has 2 aromatic carbocycles. The molecule has 1 saturated heterocycles. The summed E-state index contributed by atoms with van der Waals surface area (Å²) in [6, 6.07) is 13.8. The fourth-order valence-corrected chi connectivity index (χ4v) is 4.22. The van der Waals surface area contributed by atoms with Crippen molar-refractivity contribution in [3.63, 3.8) is 0 Å². The van der Waals surface area contributed by atoms with Crippen LogP contribution >= 0.6 is 0 Å². The average Bonchev–Trinajstić information content (AvgIpc) is 2.94. The van der Waals surface area contributed by atoms with Gasteiger partial charge in [-0.05, 0) is 56.0 Å². The van der Waals surface area contributed by atoms with Crippen molar-refractivity contribution in [2.45, 2.75) is 39.2 Å². The van der Waals surface area contributed by atoms with E-state index in [0.29, 0.717) is 31.9 Å². The summed E-state index contributed by atoms with van der Waals surface area (Å²) in [6.45, 7) is 7.45. The van der Waals surface area contributed by atoms with E-state index in [9.17, 15) is 9.59 Å². The number of halogens is 1. The Hall–Kier alpha value is -2.61. The Morgan fingerprint density at radius 2 is 1.73 bits per heavy atom. The molecule has 33 heavy (non-hydrogen) atoms. The standard InChI is InChI=1S/C25H31N3O4.ClH/c1-18(2)32-25(30)26-21-10-9-20-8-7-19-5-3-4-6-22(19)28(23(20)17-21)24(29)11-12-27-13-15-31-16-14-27;/h3-6,9-10,17-18H,7-8,11-16H2,1-2H3,(H,26,30);1H/p-1. The van der Waals surface area contributed by atoms with E-state index in [1.165, 1.54) is 0 Å². The molecule has 2 aliphatic heterocycles. The number of hydrogen-bond acceptors (Lipinski definition) is 5. The molecule has 0 atom stereocenters. The largest absolute Gasteiger partial charge is 1.00 e. The van der Waals surface area contributed by atoms with Crippen LogP contribution in [0.4, 0.5) is 21.9 Å². The number of para-hydroxylation sites is 1. The number of carbonyl (C=O) groups excluding carboxylic acids is 2. The van der Waals surface area contributed by atoms with Gasteiger partial charge in [-0.2, -0.15) is 0 Å². The van der Waals surface area contributed by atoms with Crippen LogP contribution in [0.25, 0.3) is 0 Å². The number of carbonyl (C=O) groups is 2. The highest BCUT2D eigenvalue weighted by Crippen LogP contribution is 2.38. The second-order valence-electron chi connectivity index (χ2n) is 8.48. The van der Waals surface area contributed by atoms with Gasteiger partial charge in [0.1, 0.15) is 0 Å². The van der Waals surface area contributed by atoms with E-state index in [1.54, 1.807) is 0 Å². The van der Waals surface area contributed by atoms with Gasteiger partial charge in [-0.15, -0.1) is 0 Å². The first-order chi connectivity index (χ1) is 15.5. The van der Waals surface area contributed by atoms with E-state index in [0.717, 1.165) is 48.4 Å². The van der Waals surface area contributed by atoms with Crippen molar-refractivity contribution in [1.82, 2.24) is 4.90 Å². The number of benzene rings is 2. The van der Waals surface area contributed by atoms with Crippen LogP contribution in [0, 0.1) is 0 Å². The van der Waals surface area contributed by atoms with Gasteiger partial charge in [0.25, 0.3) is 0 Å². The number of hydrogen-bond donors (Lipinski definition) is 1. The Labute approximate surface area is 201 Å². The number of nitrogens with one attached hydrogen (secondary N) is 1. The summed E-state index contributed by atoms with van der Waals surface area (Å²) in [6.07, 6.45) is 1.40. The molecule has 2 heterocycles. The number of aryl methyl sites for hydroxylation is 2. The van der Waals surface area contributed by atoms with Crippen molar-refractivity contribution < 1.29 is 31.5 Å². The summed E-state index contributed by atoms with van der Waals surface area (Å²) in [4.78, 5) is 29.8. The van der Waals surface area contributed by atoms with E-state index in [-0.39, 0.29) is 24.4 Å². The molecule has 0 saturated carbocycles. The van der Waals surface area contributed by atoms with Crippen LogP contribution in [-0.2, 0) is 27.1 Å². The molecule has 2 aliphatic rings. The normalized spacial score (nSPS) is 15.7. The quantitative estimate of drug-likeness (QED) is 0.706. The first-order valence-corrected chi connectivity index (χ1v) is 11.3. The fraction of sp³-hybridized carbons (Fsp3) is 0.440. The highest BCUT2D eigenvalue weighted by molar-refractivity contribution is 6.03. The third-order valence-corrected chi connectivity index (χ3v) is 5.81. The van der Waals surface area contributed by atoms with Crippen molar-refractivity contribution in [2.24, 2.45) is 0 Å². The highest BCUT2D eigenvalue weighted by Gasteiger charge is 2.27. The molecule has 0 spiro atoms. The molecule has 8 heteroatoms. The topological polar surface area (TPSA) is 71.1 Å². The summed E-state index contributed by atoms with van der Waals surface area (Å²) >= 11 is 0. The Bertz CT molecular complexity index is 976. The lowest BCUT2D eigenvalue weighted by Gasteiger charge is -2.29. The van der Waals surface area contributed by atoms with Gasteiger partial charge in [0.05, 0.1) is 30.7 Å². The molecule has 0 radical (unpaired) electrons. The van der Waals surface area contributed by atoms with Gasteiger partial charge in [0, 0.05) is 31.7 Å². The van der Waals surface area contributed by atoms with Crippen LogP contribution < -0.4 is 22.6 Å². The molecule has 0 unspecified atom stereocenters. The second-order valence-corrected chi connectivity index (χ2v) is 8.48. The van der Waals surface area contributed by atoms with Crippen molar-refractivity contribution in [2.75, 3.05) is 43.1 Å². The molecular weight excluding hydrogens is 442 g/mol. The van der Waals surface area contributed by atoms with Crippen molar-refractivity contribution in [1.29, 1.82) is 0 Å². The van der Waals surface area contributed by atoms with E-state index in [1.807, 2.05) is 55.1 Å². The van der Waals surface area contributed by atoms with E-state index in [4.69, 9.17) is 9.47 Å². The molecule has 2 aromatic rings. The van der Waals surface area contributed by atoms with Gasteiger partial charge in [-0.1, -0.05) is 24.3 Å². The summed E-state index contributed by atoms with van der Waals surface area (Å²) in [7, 11) is 0. The van der Waals surface area contributed by atoms with Crippen LogP contribution in [-0.4, -0.2) is 55.9 Å². The zero-order valence-corrected chi connectivity index (χ0v) is 19.9. The summed E-state index contributed by atoms with van der Waals surface area (Å²) in [5.41, 5.74) is 4.59. The first kappa shape index (κ1) is 25.0. The zero-order valence-electron chi connectivity index (χ0n) is 19.2. The van der Waals surface area contributed by atoms with Crippen molar-refractivity contribution in [3.8, 4) is 0 Å². The minimum Gasteiger partial charge on any atom is -1.00 e. The Morgan fingerprint density at radius 1 is 1.03 bits per heavy atom. The minimum atomic E-state index is -0.501. The van der Waals surface area contributed by atoms with Gasteiger partial charge in [0.2, 0.25) is 5.91 Å². The monoisotopic (exact) mass is 472 g/mol. The van der Waals surface area contributed by atoms with Crippen LogP contribution in [0.5, 0.6) is 0 Å². The number of anilines is 3. The third kappa shape index (κ3) is 6.25. The maximum Gasteiger partial charge on any atom is 0.411 e. The first-order valence-electron chi connectivity index (χ1n) is 11.3. The minimum absolute atomic E-state index is 0. The highest BCUT2D eigenvalue weighted by atomic mass is 35.5. The second kappa shape index (κ2) is 11.5.